The molecule has 1 heterocycles. The highest BCUT2D eigenvalue weighted by Gasteiger charge is 2.27. The molecule has 0 spiro atoms. The predicted molar refractivity (Wildman–Crippen MR) is 114 cm³/mol. The molecule has 2 N–H and O–H groups in total. The van der Waals surface area contributed by atoms with Crippen LogP contribution in [0.1, 0.15) is 18.4 Å². The Kier molecular flexibility index (Phi) is 7.71. The smallest absolute Gasteiger partial charge is 0.241 e. The second kappa shape index (κ2) is 10.3. The maximum Gasteiger partial charge on any atom is 0.241 e. The SMILES string of the molecule is COc1ccc(S(=O)(=O)N[C@@H](Cc2ccccc2)C(=O)NC[C@@H]2CCCO2)cc1Cl. The van der Waals surface area contributed by atoms with Crippen LogP contribution in [0.2, 0.25) is 5.02 Å². The van der Waals surface area contributed by atoms with Gasteiger partial charge < -0.3 is 14.8 Å². The van der Waals surface area contributed by atoms with Gasteiger partial charge in [0.2, 0.25) is 15.9 Å². The first-order valence-corrected chi connectivity index (χ1v) is 11.5. The highest BCUT2D eigenvalue weighted by molar-refractivity contribution is 7.89. The van der Waals surface area contributed by atoms with E-state index in [-0.39, 0.29) is 22.4 Å². The van der Waals surface area contributed by atoms with Crippen LogP contribution in [0.15, 0.2) is 53.4 Å². The molecule has 7 nitrogen and oxygen atoms in total. The molecule has 30 heavy (non-hydrogen) atoms. The average Bonchev–Trinajstić information content (AvgIpc) is 3.26. The molecule has 1 aliphatic heterocycles. The summed E-state index contributed by atoms with van der Waals surface area (Å²) in [6.07, 6.45) is 2.00. The average molecular weight is 453 g/mol. The standard InChI is InChI=1S/C21H25ClN2O5S/c1-28-20-10-9-17(13-18(20)22)30(26,27)24-19(12-15-6-3-2-4-7-15)21(25)23-14-16-8-5-11-29-16/h2-4,6-7,9-10,13,16,19,24H,5,8,11-12,14H2,1H3,(H,23,25)/t16-,19-/m0/s1. The molecule has 1 saturated heterocycles. The zero-order chi connectivity index (χ0) is 21.6. The van der Waals surface area contributed by atoms with Crippen molar-refractivity contribution < 1.29 is 22.7 Å². The molecular weight excluding hydrogens is 428 g/mol. The molecule has 2 atom stereocenters. The summed E-state index contributed by atoms with van der Waals surface area (Å²) in [5.74, 6) is -0.0386. The first-order valence-electron chi connectivity index (χ1n) is 9.68. The maximum atomic E-state index is 12.9. The Balaban J connectivity index is 1.77. The number of benzene rings is 2. The topological polar surface area (TPSA) is 93.7 Å². The second-order valence-electron chi connectivity index (χ2n) is 7.04. The van der Waals surface area contributed by atoms with Crippen LogP contribution in [0, 0.1) is 0 Å². The van der Waals surface area contributed by atoms with E-state index in [4.69, 9.17) is 21.1 Å². The summed E-state index contributed by atoms with van der Waals surface area (Å²) in [6, 6.07) is 12.4. The summed E-state index contributed by atoms with van der Waals surface area (Å²) in [5.41, 5.74) is 0.838. The van der Waals surface area contributed by atoms with E-state index in [1.807, 2.05) is 30.3 Å². The molecule has 0 aliphatic carbocycles. The molecule has 0 bridgehead atoms. The Labute approximate surface area is 181 Å². The van der Waals surface area contributed by atoms with Crippen LogP contribution in [0.5, 0.6) is 5.75 Å². The van der Waals surface area contributed by atoms with Crippen LogP contribution in [-0.4, -0.2) is 46.7 Å². The molecule has 0 unspecified atom stereocenters. The summed E-state index contributed by atoms with van der Waals surface area (Å²) in [7, 11) is -2.55. The predicted octanol–water partition coefficient (Wildman–Crippen LogP) is 2.53. The normalized spacial score (nSPS) is 17.5. The lowest BCUT2D eigenvalue weighted by molar-refractivity contribution is -0.123. The van der Waals surface area contributed by atoms with E-state index in [2.05, 4.69) is 10.0 Å². The summed E-state index contributed by atoms with van der Waals surface area (Å²) >= 11 is 6.08. The fourth-order valence-corrected chi connectivity index (χ4v) is 4.79. The van der Waals surface area contributed by atoms with E-state index in [0.717, 1.165) is 18.4 Å². The Hall–Kier alpha value is -2.13. The van der Waals surface area contributed by atoms with Gasteiger partial charge in [0.1, 0.15) is 11.8 Å². The molecule has 3 rings (SSSR count). The van der Waals surface area contributed by atoms with Crippen molar-refractivity contribution in [2.45, 2.75) is 36.3 Å². The number of sulfonamides is 1. The molecule has 1 aliphatic rings. The molecule has 0 aromatic heterocycles. The van der Waals surface area contributed by atoms with Crippen molar-refractivity contribution in [2.75, 3.05) is 20.3 Å². The van der Waals surface area contributed by atoms with Crippen LogP contribution in [-0.2, 0) is 26.0 Å². The minimum atomic E-state index is -3.99. The summed E-state index contributed by atoms with van der Waals surface area (Å²) in [6.45, 7) is 1.03. The third-order valence-electron chi connectivity index (χ3n) is 4.86. The van der Waals surface area contributed by atoms with Crippen molar-refractivity contribution in [3.63, 3.8) is 0 Å². The van der Waals surface area contributed by atoms with Crippen LogP contribution >= 0.6 is 11.6 Å². The molecule has 2 aromatic carbocycles. The van der Waals surface area contributed by atoms with Gasteiger partial charge in [0.15, 0.2) is 0 Å². The van der Waals surface area contributed by atoms with Crippen molar-refractivity contribution >= 4 is 27.5 Å². The number of halogens is 1. The van der Waals surface area contributed by atoms with Gasteiger partial charge >= 0.3 is 0 Å². The number of methoxy groups -OCH3 is 1. The Morgan fingerprint density at radius 1 is 1.27 bits per heavy atom. The Bertz CT molecular complexity index is 963. The van der Waals surface area contributed by atoms with Crippen molar-refractivity contribution in [2.24, 2.45) is 0 Å². The van der Waals surface area contributed by atoms with E-state index in [0.29, 0.717) is 18.9 Å². The summed E-state index contributed by atoms with van der Waals surface area (Å²) in [5, 5.41) is 2.98. The molecule has 2 aromatic rings. The summed E-state index contributed by atoms with van der Waals surface area (Å²) < 4.78 is 39.0. The van der Waals surface area contributed by atoms with Gasteiger partial charge in [-0.25, -0.2) is 8.42 Å². The Morgan fingerprint density at radius 2 is 2.03 bits per heavy atom. The number of hydrogen-bond acceptors (Lipinski definition) is 5. The lowest BCUT2D eigenvalue weighted by Crippen LogP contribution is -2.49. The van der Waals surface area contributed by atoms with Gasteiger partial charge in [-0.1, -0.05) is 41.9 Å². The summed E-state index contributed by atoms with van der Waals surface area (Å²) in [4.78, 5) is 12.8. The minimum absolute atomic E-state index is 0.0386. The van der Waals surface area contributed by atoms with Gasteiger partial charge in [-0.3, -0.25) is 4.79 Å². The number of nitrogens with one attached hydrogen (secondary N) is 2. The number of rotatable bonds is 9. The van der Waals surface area contributed by atoms with Crippen LogP contribution < -0.4 is 14.8 Å². The number of hydrogen-bond donors (Lipinski definition) is 2. The third kappa shape index (κ3) is 5.95. The van der Waals surface area contributed by atoms with Gasteiger partial charge in [-0.15, -0.1) is 0 Å². The zero-order valence-corrected chi connectivity index (χ0v) is 18.2. The molecule has 0 saturated carbocycles. The van der Waals surface area contributed by atoms with Crippen LogP contribution in [0.25, 0.3) is 0 Å². The molecule has 1 fully saturated rings. The van der Waals surface area contributed by atoms with Gasteiger partial charge in [-0.05, 0) is 43.0 Å². The first-order chi connectivity index (χ1) is 14.4. The first kappa shape index (κ1) is 22.6. The van der Waals surface area contributed by atoms with Crippen LogP contribution in [0.3, 0.4) is 0 Å². The largest absolute Gasteiger partial charge is 0.495 e. The maximum absolute atomic E-state index is 12.9. The Morgan fingerprint density at radius 3 is 2.67 bits per heavy atom. The fraction of sp³-hybridized carbons (Fsp3) is 0.381. The van der Waals surface area contributed by atoms with E-state index in [9.17, 15) is 13.2 Å². The lowest BCUT2D eigenvalue weighted by Gasteiger charge is -2.20. The number of ether oxygens (including phenoxy) is 2. The third-order valence-corrected chi connectivity index (χ3v) is 6.62. The second-order valence-corrected chi connectivity index (χ2v) is 9.16. The number of amides is 1. The van der Waals surface area contributed by atoms with Gasteiger partial charge in [0, 0.05) is 13.2 Å². The molecule has 9 heteroatoms. The lowest BCUT2D eigenvalue weighted by atomic mass is 10.1. The van der Waals surface area contributed by atoms with Gasteiger partial charge in [-0.2, -0.15) is 4.72 Å². The van der Waals surface area contributed by atoms with Crippen molar-refractivity contribution in [3.05, 3.63) is 59.1 Å². The fourth-order valence-electron chi connectivity index (χ4n) is 3.25. The van der Waals surface area contributed by atoms with Gasteiger partial charge in [0.05, 0.1) is 23.1 Å². The van der Waals surface area contributed by atoms with E-state index in [1.165, 1.54) is 25.3 Å². The minimum Gasteiger partial charge on any atom is -0.495 e. The van der Waals surface area contributed by atoms with Crippen molar-refractivity contribution in [1.29, 1.82) is 0 Å². The molecule has 1 amide bonds. The number of carbonyl (C=O) groups excluding carboxylic acids is 1. The zero-order valence-electron chi connectivity index (χ0n) is 16.6. The molecule has 0 radical (unpaired) electrons. The van der Waals surface area contributed by atoms with E-state index in [1.54, 1.807) is 0 Å². The van der Waals surface area contributed by atoms with E-state index >= 15 is 0 Å². The highest BCUT2D eigenvalue weighted by Crippen LogP contribution is 2.27. The van der Waals surface area contributed by atoms with E-state index < -0.39 is 22.0 Å². The number of carbonyl (C=O) groups is 1. The monoisotopic (exact) mass is 452 g/mol. The molecule has 162 valence electrons. The van der Waals surface area contributed by atoms with Crippen molar-refractivity contribution in [1.82, 2.24) is 10.0 Å². The van der Waals surface area contributed by atoms with Gasteiger partial charge in [0.25, 0.3) is 0 Å². The van der Waals surface area contributed by atoms with Crippen molar-refractivity contribution in [3.8, 4) is 5.75 Å². The quantitative estimate of drug-likeness (QED) is 0.609. The van der Waals surface area contributed by atoms with Crippen LogP contribution in [0.4, 0.5) is 0 Å². The molecular formula is C21H25ClN2O5S. The highest BCUT2D eigenvalue weighted by atomic mass is 35.5.